The van der Waals surface area contributed by atoms with E-state index >= 15 is 0 Å². The normalized spacial score (nSPS) is 12.0. The number of para-hydroxylation sites is 1. The van der Waals surface area contributed by atoms with Crippen LogP contribution in [0.2, 0.25) is 0 Å². The Morgan fingerprint density at radius 2 is 1.47 bits per heavy atom. The average molecular weight is 512 g/mol. The van der Waals surface area contributed by atoms with E-state index in [1.165, 1.54) is 41.3 Å². The van der Waals surface area contributed by atoms with Gasteiger partial charge >= 0.3 is 0 Å². The van der Waals surface area contributed by atoms with Gasteiger partial charge in [0.05, 0.1) is 10.6 Å². The largest absolute Gasteiger partial charge is 0.355 e. The first kappa shape index (κ1) is 26.9. The van der Waals surface area contributed by atoms with Gasteiger partial charge in [-0.15, -0.1) is 0 Å². The highest BCUT2D eigenvalue weighted by Crippen LogP contribution is 2.24. The smallest absolute Gasteiger partial charge is 0.264 e. The Morgan fingerprint density at radius 1 is 0.889 bits per heavy atom. The molecule has 3 rings (SSSR count). The lowest BCUT2D eigenvalue weighted by Gasteiger charge is -2.33. The minimum atomic E-state index is -4.09. The number of anilines is 1. The zero-order chi connectivity index (χ0) is 26.1. The fourth-order valence-corrected chi connectivity index (χ4v) is 5.28. The zero-order valence-corrected chi connectivity index (χ0v) is 21.1. The number of sulfonamides is 1. The molecule has 36 heavy (non-hydrogen) atoms. The predicted octanol–water partition coefficient (Wildman–Crippen LogP) is 3.96. The Labute approximate surface area is 211 Å². The van der Waals surface area contributed by atoms with Gasteiger partial charge in [-0.25, -0.2) is 12.8 Å². The molecule has 9 heteroatoms. The number of amides is 2. The third-order valence-electron chi connectivity index (χ3n) is 5.66. The van der Waals surface area contributed by atoms with Crippen molar-refractivity contribution in [3.63, 3.8) is 0 Å². The summed E-state index contributed by atoms with van der Waals surface area (Å²) in [6, 6.07) is 21.0. The Bertz CT molecular complexity index is 1250. The molecule has 0 heterocycles. The maximum Gasteiger partial charge on any atom is 0.264 e. The summed E-state index contributed by atoms with van der Waals surface area (Å²) < 4.78 is 41.7. The van der Waals surface area contributed by atoms with E-state index in [1.807, 2.05) is 0 Å². The molecule has 1 N–H and O–H groups in total. The van der Waals surface area contributed by atoms with E-state index in [2.05, 4.69) is 5.32 Å². The fraction of sp³-hybridized carbons (Fsp3) is 0.259. The lowest BCUT2D eigenvalue weighted by Crippen LogP contribution is -2.52. The molecule has 0 fully saturated rings. The lowest BCUT2D eigenvalue weighted by atomic mass is 10.1. The van der Waals surface area contributed by atoms with Crippen LogP contribution in [0.3, 0.4) is 0 Å². The van der Waals surface area contributed by atoms with Gasteiger partial charge in [-0.05, 0) is 55.3 Å². The van der Waals surface area contributed by atoms with Gasteiger partial charge in [0.2, 0.25) is 11.8 Å². The molecule has 0 saturated carbocycles. The molecule has 0 bridgehead atoms. The second-order valence-electron chi connectivity index (χ2n) is 8.13. The van der Waals surface area contributed by atoms with Crippen LogP contribution in [0.15, 0.2) is 89.8 Å². The molecule has 0 aliphatic carbocycles. The number of halogens is 1. The van der Waals surface area contributed by atoms with Crippen LogP contribution in [0.1, 0.15) is 25.8 Å². The van der Waals surface area contributed by atoms with Gasteiger partial charge in [0, 0.05) is 13.1 Å². The number of hydrogen-bond acceptors (Lipinski definition) is 4. The summed E-state index contributed by atoms with van der Waals surface area (Å²) in [5, 5.41) is 2.74. The number of carbonyl (C=O) groups is 2. The van der Waals surface area contributed by atoms with Gasteiger partial charge in [-0.3, -0.25) is 13.9 Å². The number of rotatable bonds is 11. The summed E-state index contributed by atoms with van der Waals surface area (Å²) in [4.78, 5) is 28.0. The van der Waals surface area contributed by atoms with Crippen molar-refractivity contribution in [2.45, 2.75) is 37.8 Å². The molecular formula is C27H30FN3O4S. The number of likely N-dealkylation sites (N-methyl/N-ethyl adjacent to an activating group) is 1. The highest BCUT2D eigenvalue weighted by Gasteiger charge is 2.33. The van der Waals surface area contributed by atoms with Crippen LogP contribution in [0.4, 0.5) is 10.1 Å². The molecule has 0 spiro atoms. The van der Waals surface area contributed by atoms with Crippen molar-refractivity contribution in [2.75, 3.05) is 17.4 Å². The standard InChI is InChI=1S/C27H30FN3O4S/c1-3-25(27(33)29-4-2)30(19-21-15-17-22(28)18-16-21)26(32)20-31(23-11-7-5-8-12-23)36(34,35)24-13-9-6-10-14-24/h5-18,25H,3-4,19-20H2,1-2H3,(H,29,33)/t25-/m1/s1. The van der Waals surface area contributed by atoms with E-state index in [-0.39, 0.29) is 17.3 Å². The van der Waals surface area contributed by atoms with Crippen LogP contribution in [-0.4, -0.2) is 44.3 Å². The summed E-state index contributed by atoms with van der Waals surface area (Å²) in [5.74, 6) is -1.31. The molecule has 0 saturated heterocycles. The Morgan fingerprint density at radius 3 is 2.03 bits per heavy atom. The molecule has 3 aromatic carbocycles. The molecule has 190 valence electrons. The predicted molar refractivity (Wildman–Crippen MR) is 137 cm³/mol. The molecule has 1 atom stereocenters. The van der Waals surface area contributed by atoms with Crippen molar-refractivity contribution in [3.05, 3.63) is 96.3 Å². The quantitative estimate of drug-likeness (QED) is 0.422. The van der Waals surface area contributed by atoms with E-state index in [4.69, 9.17) is 0 Å². The molecule has 3 aromatic rings. The van der Waals surface area contributed by atoms with Crippen LogP contribution >= 0.6 is 0 Å². The monoisotopic (exact) mass is 511 g/mol. The maximum absolute atomic E-state index is 13.8. The third kappa shape index (κ3) is 6.48. The van der Waals surface area contributed by atoms with Gasteiger partial charge in [0.25, 0.3) is 10.0 Å². The summed E-state index contributed by atoms with van der Waals surface area (Å²) in [6.07, 6.45) is 0.315. The van der Waals surface area contributed by atoms with Gasteiger partial charge in [0.15, 0.2) is 0 Å². The van der Waals surface area contributed by atoms with Gasteiger partial charge in [-0.1, -0.05) is 55.5 Å². The molecule has 0 aliphatic heterocycles. The maximum atomic E-state index is 13.8. The van der Waals surface area contributed by atoms with Crippen molar-refractivity contribution in [1.29, 1.82) is 0 Å². The fourth-order valence-electron chi connectivity index (χ4n) is 3.84. The Kier molecular flexibility index (Phi) is 9.19. The lowest BCUT2D eigenvalue weighted by molar-refractivity contribution is -0.140. The molecule has 0 aromatic heterocycles. The second-order valence-corrected chi connectivity index (χ2v) is 9.99. The van der Waals surface area contributed by atoms with Crippen LogP contribution in [0.25, 0.3) is 0 Å². The van der Waals surface area contributed by atoms with Crippen molar-refractivity contribution < 1.29 is 22.4 Å². The topological polar surface area (TPSA) is 86.8 Å². The zero-order valence-electron chi connectivity index (χ0n) is 20.3. The average Bonchev–Trinajstić information content (AvgIpc) is 2.89. The van der Waals surface area contributed by atoms with E-state index in [9.17, 15) is 22.4 Å². The minimum Gasteiger partial charge on any atom is -0.355 e. The van der Waals surface area contributed by atoms with E-state index in [0.717, 1.165) is 4.31 Å². The SMILES string of the molecule is CCNC(=O)[C@@H](CC)N(Cc1ccc(F)cc1)C(=O)CN(c1ccccc1)S(=O)(=O)c1ccccc1. The molecule has 2 amide bonds. The molecule has 0 radical (unpaired) electrons. The summed E-state index contributed by atoms with van der Waals surface area (Å²) in [6.45, 7) is 3.44. The Balaban J connectivity index is 2.01. The van der Waals surface area contributed by atoms with Crippen molar-refractivity contribution in [1.82, 2.24) is 10.2 Å². The third-order valence-corrected chi connectivity index (χ3v) is 7.45. The number of nitrogens with one attached hydrogen (secondary N) is 1. The Hall–Kier alpha value is -3.72. The molecule has 0 unspecified atom stereocenters. The van der Waals surface area contributed by atoms with Crippen LogP contribution in [-0.2, 0) is 26.2 Å². The van der Waals surface area contributed by atoms with Gasteiger partial charge in [-0.2, -0.15) is 0 Å². The van der Waals surface area contributed by atoms with Crippen LogP contribution < -0.4 is 9.62 Å². The molecule has 7 nitrogen and oxygen atoms in total. The first-order chi connectivity index (χ1) is 17.3. The summed E-state index contributed by atoms with van der Waals surface area (Å²) in [5.41, 5.74) is 0.937. The highest BCUT2D eigenvalue weighted by atomic mass is 32.2. The van der Waals surface area contributed by atoms with Crippen LogP contribution in [0, 0.1) is 5.82 Å². The number of hydrogen-bond donors (Lipinski definition) is 1. The van der Waals surface area contributed by atoms with Crippen molar-refractivity contribution in [3.8, 4) is 0 Å². The van der Waals surface area contributed by atoms with E-state index in [1.54, 1.807) is 62.4 Å². The first-order valence-corrected chi connectivity index (χ1v) is 13.2. The number of carbonyl (C=O) groups excluding carboxylic acids is 2. The van der Waals surface area contributed by atoms with E-state index in [0.29, 0.717) is 24.2 Å². The van der Waals surface area contributed by atoms with E-state index < -0.39 is 34.3 Å². The van der Waals surface area contributed by atoms with Crippen molar-refractivity contribution >= 4 is 27.5 Å². The minimum absolute atomic E-state index is 0.0166. The summed E-state index contributed by atoms with van der Waals surface area (Å²) in [7, 11) is -4.09. The second kappa shape index (κ2) is 12.3. The highest BCUT2D eigenvalue weighted by molar-refractivity contribution is 7.92. The van der Waals surface area contributed by atoms with Gasteiger partial charge in [0.1, 0.15) is 18.4 Å². The summed E-state index contributed by atoms with van der Waals surface area (Å²) >= 11 is 0. The van der Waals surface area contributed by atoms with Crippen LogP contribution in [0.5, 0.6) is 0 Å². The van der Waals surface area contributed by atoms with Gasteiger partial charge < -0.3 is 10.2 Å². The molecular weight excluding hydrogens is 481 g/mol. The van der Waals surface area contributed by atoms with Crippen molar-refractivity contribution in [2.24, 2.45) is 0 Å². The number of nitrogens with zero attached hydrogens (tertiary/aromatic N) is 2. The number of benzene rings is 3. The first-order valence-electron chi connectivity index (χ1n) is 11.7. The molecule has 0 aliphatic rings.